The van der Waals surface area contributed by atoms with Crippen LogP contribution in [-0.2, 0) is 10.0 Å². The highest BCUT2D eigenvalue weighted by Gasteiger charge is 2.25. The average Bonchev–Trinajstić information content (AvgIpc) is 2.80. The van der Waals surface area contributed by atoms with Gasteiger partial charge in [0.2, 0.25) is 10.0 Å². The lowest BCUT2D eigenvalue weighted by Crippen LogP contribution is -2.35. The topological polar surface area (TPSA) is 87.7 Å². The summed E-state index contributed by atoms with van der Waals surface area (Å²) in [6, 6.07) is 13.4. The van der Waals surface area contributed by atoms with Gasteiger partial charge in [-0.05, 0) is 73.8 Å². The molecule has 0 saturated carbocycles. The van der Waals surface area contributed by atoms with Gasteiger partial charge in [-0.15, -0.1) is 0 Å². The maximum Gasteiger partial charge on any atom is 0.261 e. The van der Waals surface area contributed by atoms with Gasteiger partial charge >= 0.3 is 0 Å². The van der Waals surface area contributed by atoms with Crippen LogP contribution in [0.1, 0.15) is 49.9 Å². The van der Waals surface area contributed by atoms with Crippen molar-refractivity contribution in [3.05, 3.63) is 54.1 Å². The van der Waals surface area contributed by atoms with Crippen LogP contribution >= 0.6 is 12.2 Å². The van der Waals surface area contributed by atoms with Gasteiger partial charge in [0.25, 0.3) is 5.91 Å². The molecule has 9 heteroatoms. The number of amides is 1. The molecule has 0 aromatic heterocycles. The van der Waals surface area contributed by atoms with Crippen molar-refractivity contribution in [1.29, 1.82) is 0 Å². The maximum absolute atomic E-state index is 12.8. The van der Waals surface area contributed by atoms with Gasteiger partial charge in [-0.25, -0.2) is 8.42 Å². The van der Waals surface area contributed by atoms with Crippen LogP contribution < -0.4 is 15.4 Å². The predicted molar refractivity (Wildman–Crippen MR) is 134 cm³/mol. The summed E-state index contributed by atoms with van der Waals surface area (Å²) in [6.07, 6.45) is 3.73. The standard InChI is InChI=1S/C24H31N3O4S2/c1-18(2)14-17-31-22-9-5-4-8-21(22)23(28)26-24(32)25-19-10-12-20(13-11-19)33(29,30)27-15-6-3-7-16-27/h4-5,8-13,18H,3,6-7,14-17H2,1-2H3,(H2,25,26,28,32). The summed E-state index contributed by atoms with van der Waals surface area (Å²) in [6.45, 7) is 5.86. The number of carbonyl (C=O) groups is 1. The molecule has 1 saturated heterocycles. The van der Waals surface area contributed by atoms with E-state index in [9.17, 15) is 13.2 Å². The second kappa shape index (κ2) is 11.6. The van der Waals surface area contributed by atoms with Crippen molar-refractivity contribution in [3.8, 4) is 5.75 Å². The molecule has 0 bridgehead atoms. The first-order valence-electron chi connectivity index (χ1n) is 11.2. The summed E-state index contributed by atoms with van der Waals surface area (Å²) >= 11 is 5.28. The number of hydrogen-bond donors (Lipinski definition) is 2. The van der Waals surface area contributed by atoms with E-state index in [0.29, 0.717) is 42.6 Å². The first-order chi connectivity index (χ1) is 15.8. The lowest BCUT2D eigenvalue weighted by atomic mass is 10.1. The normalized spacial score (nSPS) is 14.6. The van der Waals surface area contributed by atoms with Gasteiger partial charge in [-0.1, -0.05) is 32.4 Å². The largest absolute Gasteiger partial charge is 0.493 e. The Morgan fingerprint density at radius 2 is 1.73 bits per heavy atom. The number of hydrogen-bond acceptors (Lipinski definition) is 5. The van der Waals surface area contributed by atoms with Crippen molar-refractivity contribution in [2.45, 2.75) is 44.4 Å². The van der Waals surface area contributed by atoms with Crippen LogP contribution in [0.5, 0.6) is 5.75 Å². The Bertz CT molecular complexity index is 1060. The molecule has 7 nitrogen and oxygen atoms in total. The van der Waals surface area contributed by atoms with Crippen LogP contribution in [0.25, 0.3) is 0 Å². The number of nitrogens with one attached hydrogen (secondary N) is 2. The molecule has 2 aromatic rings. The van der Waals surface area contributed by atoms with Gasteiger partial charge in [-0.3, -0.25) is 10.1 Å². The fraction of sp³-hybridized carbons (Fsp3) is 0.417. The highest BCUT2D eigenvalue weighted by Crippen LogP contribution is 2.22. The van der Waals surface area contributed by atoms with E-state index < -0.39 is 10.0 Å². The zero-order valence-electron chi connectivity index (χ0n) is 19.0. The molecular formula is C24H31N3O4S2. The molecule has 0 aliphatic carbocycles. The maximum atomic E-state index is 12.8. The van der Waals surface area contributed by atoms with Gasteiger partial charge in [0.1, 0.15) is 5.75 Å². The SMILES string of the molecule is CC(C)CCOc1ccccc1C(=O)NC(=S)Nc1ccc(S(=O)(=O)N2CCCCC2)cc1. The Morgan fingerprint density at radius 3 is 2.39 bits per heavy atom. The summed E-state index contributed by atoms with van der Waals surface area (Å²) < 4.78 is 32.9. The Morgan fingerprint density at radius 1 is 1.06 bits per heavy atom. The number of sulfonamides is 1. The van der Waals surface area contributed by atoms with E-state index in [4.69, 9.17) is 17.0 Å². The fourth-order valence-electron chi connectivity index (χ4n) is 3.48. The Balaban J connectivity index is 1.59. The summed E-state index contributed by atoms with van der Waals surface area (Å²) in [5.74, 6) is 0.631. The van der Waals surface area contributed by atoms with E-state index >= 15 is 0 Å². The van der Waals surface area contributed by atoms with E-state index in [1.54, 1.807) is 42.5 Å². The van der Waals surface area contributed by atoms with Crippen LogP contribution in [0.15, 0.2) is 53.4 Å². The van der Waals surface area contributed by atoms with E-state index in [0.717, 1.165) is 25.7 Å². The minimum atomic E-state index is -3.49. The second-order valence-electron chi connectivity index (χ2n) is 8.42. The molecule has 1 aliphatic heterocycles. The number of anilines is 1. The van der Waals surface area contributed by atoms with Gasteiger partial charge < -0.3 is 10.1 Å². The first-order valence-corrected chi connectivity index (χ1v) is 13.1. The molecule has 0 unspecified atom stereocenters. The zero-order chi connectivity index (χ0) is 23.8. The molecule has 0 radical (unpaired) electrons. The number of ether oxygens (including phenoxy) is 1. The number of rotatable bonds is 8. The molecule has 33 heavy (non-hydrogen) atoms. The molecule has 0 atom stereocenters. The fourth-order valence-corrected chi connectivity index (χ4v) is 5.21. The number of piperidine rings is 1. The molecule has 1 fully saturated rings. The van der Waals surface area contributed by atoms with Crippen LogP contribution in [-0.4, -0.2) is 43.4 Å². The number of nitrogens with zero attached hydrogens (tertiary/aromatic N) is 1. The van der Waals surface area contributed by atoms with Crippen molar-refractivity contribution in [3.63, 3.8) is 0 Å². The quantitative estimate of drug-likeness (QED) is 0.534. The average molecular weight is 490 g/mol. The summed E-state index contributed by atoms with van der Waals surface area (Å²) in [5.41, 5.74) is 0.979. The van der Waals surface area contributed by atoms with Crippen molar-refractivity contribution >= 4 is 38.9 Å². The summed E-state index contributed by atoms with van der Waals surface area (Å²) in [4.78, 5) is 13.0. The minimum absolute atomic E-state index is 0.114. The van der Waals surface area contributed by atoms with Crippen LogP contribution in [0.4, 0.5) is 5.69 Å². The monoisotopic (exact) mass is 489 g/mol. The number of carbonyl (C=O) groups excluding carboxylic acids is 1. The zero-order valence-corrected chi connectivity index (χ0v) is 20.7. The first kappa shape index (κ1) is 25.1. The number of thiocarbonyl (C=S) groups is 1. The van der Waals surface area contributed by atoms with Gasteiger partial charge in [-0.2, -0.15) is 4.31 Å². The molecule has 2 N–H and O–H groups in total. The molecule has 1 aliphatic rings. The lowest BCUT2D eigenvalue weighted by Gasteiger charge is -2.25. The third-order valence-corrected chi connectivity index (χ3v) is 7.49. The van der Waals surface area contributed by atoms with Gasteiger partial charge in [0, 0.05) is 18.8 Å². The van der Waals surface area contributed by atoms with Gasteiger partial charge in [0.05, 0.1) is 17.1 Å². The third-order valence-electron chi connectivity index (χ3n) is 5.38. The van der Waals surface area contributed by atoms with Crippen molar-refractivity contribution in [1.82, 2.24) is 9.62 Å². The molecule has 1 heterocycles. The van der Waals surface area contributed by atoms with Gasteiger partial charge in [0.15, 0.2) is 5.11 Å². The molecule has 0 spiro atoms. The molecule has 178 valence electrons. The Kier molecular flexibility index (Phi) is 8.82. The highest BCUT2D eigenvalue weighted by molar-refractivity contribution is 7.89. The van der Waals surface area contributed by atoms with Crippen LogP contribution in [0.2, 0.25) is 0 Å². The highest BCUT2D eigenvalue weighted by atomic mass is 32.2. The van der Waals surface area contributed by atoms with E-state index in [2.05, 4.69) is 24.5 Å². The molecular weight excluding hydrogens is 458 g/mol. The van der Waals surface area contributed by atoms with Crippen molar-refractivity contribution in [2.24, 2.45) is 5.92 Å². The van der Waals surface area contributed by atoms with Crippen molar-refractivity contribution < 1.29 is 17.9 Å². The Labute approximate surface area is 201 Å². The van der Waals surface area contributed by atoms with E-state index in [-0.39, 0.29) is 15.9 Å². The summed E-state index contributed by atoms with van der Waals surface area (Å²) in [7, 11) is -3.49. The third kappa shape index (κ3) is 6.99. The second-order valence-corrected chi connectivity index (χ2v) is 10.8. The molecule has 2 aromatic carbocycles. The lowest BCUT2D eigenvalue weighted by molar-refractivity contribution is 0.0973. The molecule has 3 rings (SSSR count). The Hall–Kier alpha value is -2.49. The van der Waals surface area contributed by atoms with Crippen LogP contribution in [0, 0.1) is 5.92 Å². The minimum Gasteiger partial charge on any atom is -0.493 e. The predicted octanol–water partition coefficient (Wildman–Crippen LogP) is 4.41. The number of benzene rings is 2. The van der Waals surface area contributed by atoms with E-state index in [1.165, 1.54) is 4.31 Å². The van der Waals surface area contributed by atoms with Crippen LogP contribution in [0.3, 0.4) is 0 Å². The molecule has 1 amide bonds. The van der Waals surface area contributed by atoms with Crippen molar-refractivity contribution in [2.75, 3.05) is 25.0 Å². The van der Waals surface area contributed by atoms with E-state index in [1.807, 2.05) is 6.07 Å². The number of para-hydroxylation sites is 1. The summed E-state index contributed by atoms with van der Waals surface area (Å²) in [5, 5.41) is 5.70. The smallest absolute Gasteiger partial charge is 0.261 e.